The van der Waals surface area contributed by atoms with Crippen LogP contribution in [0.5, 0.6) is 5.75 Å². The standard InChI is InChI=1S/C14H17FN2O2/c1-3-11-8-17-13(19-11)9-16-7-10-5-4-6-12(18-2)14(10)15/h4-6,8,16H,3,7,9H2,1-2H3. The summed E-state index contributed by atoms with van der Waals surface area (Å²) in [7, 11) is 1.45. The first kappa shape index (κ1) is 13.5. The summed E-state index contributed by atoms with van der Waals surface area (Å²) in [4.78, 5) is 4.13. The fourth-order valence-corrected chi connectivity index (χ4v) is 1.75. The Bertz CT molecular complexity index is 540. The molecule has 4 nitrogen and oxygen atoms in total. The minimum atomic E-state index is -0.334. The molecule has 0 saturated heterocycles. The largest absolute Gasteiger partial charge is 0.494 e. The molecule has 1 aromatic carbocycles. The van der Waals surface area contributed by atoms with Gasteiger partial charge >= 0.3 is 0 Å². The molecule has 102 valence electrons. The van der Waals surface area contributed by atoms with Gasteiger partial charge in [-0.25, -0.2) is 9.37 Å². The molecule has 0 spiro atoms. The monoisotopic (exact) mass is 264 g/mol. The normalized spacial score (nSPS) is 10.7. The molecule has 0 fully saturated rings. The van der Waals surface area contributed by atoms with Crippen molar-refractivity contribution in [3.05, 3.63) is 47.4 Å². The quantitative estimate of drug-likeness (QED) is 0.871. The van der Waals surface area contributed by atoms with Crippen LogP contribution in [0.15, 0.2) is 28.8 Å². The van der Waals surface area contributed by atoms with E-state index in [0.29, 0.717) is 24.5 Å². The number of ether oxygens (including phenoxy) is 1. The molecule has 19 heavy (non-hydrogen) atoms. The van der Waals surface area contributed by atoms with Gasteiger partial charge in [0.2, 0.25) is 5.89 Å². The molecule has 1 N–H and O–H groups in total. The summed E-state index contributed by atoms with van der Waals surface area (Å²) in [5.41, 5.74) is 0.557. The van der Waals surface area contributed by atoms with Gasteiger partial charge in [0.05, 0.1) is 19.9 Å². The molecular formula is C14H17FN2O2. The second-order valence-electron chi connectivity index (χ2n) is 4.11. The number of aryl methyl sites for hydroxylation is 1. The van der Waals surface area contributed by atoms with E-state index in [0.717, 1.165) is 12.2 Å². The molecule has 0 bridgehead atoms. The van der Waals surface area contributed by atoms with E-state index in [2.05, 4.69) is 10.3 Å². The van der Waals surface area contributed by atoms with Gasteiger partial charge < -0.3 is 14.5 Å². The van der Waals surface area contributed by atoms with Crippen LogP contribution in [0.2, 0.25) is 0 Å². The van der Waals surface area contributed by atoms with E-state index in [1.807, 2.05) is 6.92 Å². The number of methoxy groups -OCH3 is 1. The number of benzene rings is 1. The van der Waals surface area contributed by atoms with Gasteiger partial charge in [-0.3, -0.25) is 0 Å². The molecule has 0 aliphatic rings. The Hall–Kier alpha value is -1.88. The van der Waals surface area contributed by atoms with Crippen LogP contribution in [0.25, 0.3) is 0 Å². The highest BCUT2D eigenvalue weighted by Gasteiger charge is 2.08. The van der Waals surface area contributed by atoms with E-state index in [1.54, 1.807) is 24.4 Å². The van der Waals surface area contributed by atoms with Crippen LogP contribution in [0.4, 0.5) is 4.39 Å². The molecule has 5 heteroatoms. The van der Waals surface area contributed by atoms with Crippen LogP contribution in [-0.4, -0.2) is 12.1 Å². The predicted octanol–water partition coefficient (Wildman–Crippen LogP) is 2.67. The summed E-state index contributed by atoms with van der Waals surface area (Å²) in [6.45, 7) is 2.87. The van der Waals surface area contributed by atoms with Crippen molar-refractivity contribution in [2.75, 3.05) is 7.11 Å². The molecule has 2 rings (SSSR count). The molecule has 0 atom stereocenters. The molecule has 0 aliphatic heterocycles. The first-order valence-corrected chi connectivity index (χ1v) is 6.20. The maximum atomic E-state index is 13.9. The van der Waals surface area contributed by atoms with Crippen LogP contribution >= 0.6 is 0 Å². The maximum absolute atomic E-state index is 13.9. The van der Waals surface area contributed by atoms with Crippen LogP contribution in [0.3, 0.4) is 0 Å². The lowest BCUT2D eigenvalue weighted by atomic mass is 10.2. The summed E-state index contributed by atoms with van der Waals surface area (Å²) in [5, 5.41) is 3.10. The molecular weight excluding hydrogens is 247 g/mol. The SMILES string of the molecule is CCc1cnc(CNCc2cccc(OC)c2F)o1. The number of hydrogen-bond donors (Lipinski definition) is 1. The van der Waals surface area contributed by atoms with Gasteiger partial charge in [-0.1, -0.05) is 19.1 Å². The summed E-state index contributed by atoms with van der Waals surface area (Å²) >= 11 is 0. The van der Waals surface area contributed by atoms with Crippen molar-refractivity contribution in [2.45, 2.75) is 26.4 Å². The highest BCUT2D eigenvalue weighted by Crippen LogP contribution is 2.19. The Morgan fingerprint density at radius 1 is 1.37 bits per heavy atom. The van der Waals surface area contributed by atoms with Crippen molar-refractivity contribution < 1.29 is 13.5 Å². The van der Waals surface area contributed by atoms with E-state index in [1.165, 1.54) is 7.11 Å². The molecule has 0 amide bonds. The molecule has 2 aromatic rings. The van der Waals surface area contributed by atoms with E-state index < -0.39 is 0 Å². The number of halogens is 1. The van der Waals surface area contributed by atoms with Gasteiger partial charge in [0.15, 0.2) is 11.6 Å². The fraction of sp³-hybridized carbons (Fsp3) is 0.357. The zero-order valence-electron chi connectivity index (χ0n) is 11.1. The minimum Gasteiger partial charge on any atom is -0.494 e. The van der Waals surface area contributed by atoms with Crippen molar-refractivity contribution in [3.63, 3.8) is 0 Å². The summed E-state index contributed by atoms with van der Waals surface area (Å²) in [6.07, 6.45) is 2.53. The van der Waals surface area contributed by atoms with E-state index in [-0.39, 0.29) is 11.6 Å². The first-order valence-electron chi connectivity index (χ1n) is 6.20. The highest BCUT2D eigenvalue weighted by molar-refractivity contribution is 5.30. The van der Waals surface area contributed by atoms with E-state index in [9.17, 15) is 4.39 Å². The minimum absolute atomic E-state index is 0.253. The van der Waals surface area contributed by atoms with Gasteiger partial charge in [0.1, 0.15) is 5.76 Å². The number of nitrogens with one attached hydrogen (secondary N) is 1. The second kappa shape index (κ2) is 6.33. The summed E-state index contributed by atoms with van der Waals surface area (Å²) < 4.78 is 24.2. The third-order valence-electron chi connectivity index (χ3n) is 2.80. The number of nitrogens with zero attached hydrogens (tertiary/aromatic N) is 1. The Morgan fingerprint density at radius 2 is 2.21 bits per heavy atom. The predicted molar refractivity (Wildman–Crippen MR) is 69.4 cm³/mol. The molecule has 1 aromatic heterocycles. The Morgan fingerprint density at radius 3 is 2.89 bits per heavy atom. The lowest BCUT2D eigenvalue weighted by Crippen LogP contribution is -2.14. The number of rotatable bonds is 6. The van der Waals surface area contributed by atoms with Gasteiger partial charge in [-0.05, 0) is 6.07 Å². The molecule has 1 heterocycles. The third-order valence-corrected chi connectivity index (χ3v) is 2.80. The van der Waals surface area contributed by atoms with E-state index in [4.69, 9.17) is 9.15 Å². The van der Waals surface area contributed by atoms with Crippen LogP contribution in [0.1, 0.15) is 24.1 Å². The Balaban J connectivity index is 1.92. The van der Waals surface area contributed by atoms with Crippen molar-refractivity contribution >= 4 is 0 Å². The topological polar surface area (TPSA) is 47.3 Å². The molecule has 0 saturated carbocycles. The molecule has 0 unspecified atom stereocenters. The third kappa shape index (κ3) is 3.32. The smallest absolute Gasteiger partial charge is 0.208 e. The van der Waals surface area contributed by atoms with Crippen molar-refractivity contribution in [3.8, 4) is 5.75 Å². The Labute approximate surface area is 111 Å². The van der Waals surface area contributed by atoms with Crippen molar-refractivity contribution in [2.24, 2.45) is 0 Å². The molecule has 0 radical (unpaired) electrons. The van der Waals surface area contributed by atoms with Crippen molar-refractivity contribution in [1.29, 1.82) is 0 Å². The lowest BCUT2D eigenvalue weighted by molar-refractivity contribution is 0.382. The Kier molecular flexibility index (Phi) is 4.52. The fourth-order valence-electron chi connectivity index (χ4n) is 1.75. The molecule has 0 aliphatic carbocycles. The zero-order chi connectivity index (χ0) is 13.7. The van der Waals surface area contributed by atoms with Crippen LogP contribution < -0.4 is 10.1 Å². The van der Waals surface area contributed by atoms with Gasteiger partial charge in [0, 0.05) is 18.5 Å². The van der Waals surface area contributed by atoms with Crippen LogP contribution in [-0.2, 0) is 19.5 Å². The number of hydrogen-bond acceptors (Lipinski definition) is 4. The highest BCUT2D eigenvalue weighted by atomic mass is 19.1. The van der Waals surface area contributed by atoms with Gasteiger partial charge in [0.25, 0.3) is 0 Å². The number of aromatic nitrogens is 1. The lowest BCUT2D eigenvalue weighted by Gasteiger charge is -2.07. The van der Waals surface area contributed by atoms with Crippen molar-refractivity contribution in [1.82, 2.24) is 10.3 Å². The maximum Gasteiger partial charge on any atom is 0.208 e. The van der Waals surface area contributed by atoms with Gasteiger partial charge in [-0.15, -0.1) is 0 Å². The average molecular weight is 264 g/mol. The summed E-state index contributed by atoms with van der Waals surface area (Å²) in [6, 6.07) is 5.08. The van der Waals surface area contributed by atoms with Crippen LogP contribution in [0, 0.1) is 5.82 Å². The van der Waals surface area contributed by atoms with E-state index >= 15 is 0 Å². The zero-order valence-corrected chi connectivity index (χ0v) is 11.1. The number of oxazole rings is 1. The first-order chi connectivity index (χ1) is 9.24. The summed E-state index contributed by atoms with van der Waals surface area (Å²) in [5.74, 6) is 1.38. The van der Waals surface area contributed by atoms with Gasteiger partial charge in [-0.2, -0.15) is 0 Å². The average Bonchev–Trinajstić information content (AvgIpc) is 2.89. The second-order valence-corrected chi connectivity index (χ2v) is 4.11.